The van der Waals surface area contributed by atoms with Crippen LogP contribution in [0.15, 0.2) is 35.3 Å². The van der Waals surface area contributed by atoms with Crippen LogP contribution in [-0.4, -0.2) is 32.3 Å². The van der Waals surface area contributed by atoms with E-state index in [1.165, 1.54) is 30.9 Å². The van der Waals surface area contributed by atoms with E-state index in [-0.39, 0.29) is 5.75 Å². The van der Waals surface area contributed by atoms with Crippen molar-refractivity contribution in [3.05, 3.63) is 52.6 Å². The smallest absolute Gasteiger partial charge is 0.200 e. The fraction of sp³-hybridized carbons (Fsp3) is 0.350. The van der Waals surface area contributed by atoms with Crippen LogP contribution in [0.2, 0.25) is 0 Å². The number of hydrogen-bond acceptors (Lipinski definition) is 4. The van der Waals surface area contributed by atoms with Gasteiger partial charge in [-0.1, -0.05) is 23.8 Å². The van der Waals surface area contributed by atoms with Gasteiger partial charge in [0.25, 0.3) is 0 Å². The summed E-state index contributed by atoms with van der Waals surface area (Å²) in [5, 5.41) is 16.6. The monoisotopic (exact) mass is 357 g/mol. The zero-order valence-corrected chi connectivity index (χ0v) is 16.0. The molecule has 0 unspecified atom stereocenters. The zero-order valence-electron chi connectivity index (χ0n) is 16.0. The average Bonchev–Trinajstić information content (AvgIpc) is 2.64. The molecule has 0 saturated carbocycles. The summed E-state index contributed by atoms with van der Waals surface area (Å²) in [5.41, 5.74) is 4.64. The van der Waals surface area contributed by atoms with E-state index in [4.69, 9.17) is 9.47 Å². The van der Waals surface area contributed by atoms with Crippen LogP contribution >= 0.6 is 0 Å². The number of phenols is 1. The Morgan fingerprint density at radius 1 is 1.00 bits per heavy atom. The summed E-state index contributed by atoms with van der Waals surface area (Å²) in [6.45, 7) is 5.40. The standard InChI is InChI=1S/C20H27N3O3/c1-13-6-7-16(14(2)8-13)12-23-20(21-3)22-11-15-9-17(25-4)19(24)18(10-15)26-5/h6-10,24H,11-12H2,1-5H3,(H2,21,22,23). The van der Waals surface area contributed by atoms with Crippen LogP contribution < -0.4 is 20.1 Å². The Morgan fingerprint density at radius 3 is 2.15 bits per heavy atom. The molecule has 0 aromatic heterocycles. The summed E-state index contributed by atoms with van der Waals surface area (Å²) >= 11 is 0. The largest absolute Gasteiger partial charge is 0.502 e. The summed E-state index contributed by atoms with van der Waals surface area (Å²) < 4.78 is 10.4. The number of aliphatic imine (C=N–C) groups is 1. The van der Waals surface area contributed by atoms with E-state index in [1.807, 2.05) is 0 Å². The number of nitrogens with one attached hydrogen (secondary N) is 2. The molecule has 0 amide bonds. The van der Waals surface area contributed by atoms with Crippen molar-refractivity contribution in [2.24, 2.45) is 4.99 Å². The van der Waals surface area contributed by atoms with Gasteiger partial charge in [-0.3, -0.25) is 4.99 Å². The topological polar surface area (TPSA) is 75.1 Å². The van der Waals surface area contributed by atoms with E-state index in [1.54, 1.807) is 19.2 Å². The third-order valence-corrected chi connectivity index (χ3v) is 4.17. The molecule has 0 aliphatic carbocycles. The number of methoxy groups -OCH3 is 2. The first-order valence-electron chi connectivity index (χ1n) is 8.43. The maximum Gasteiger partial charge on any atom is 0.200 e. The number of hydrogen-bond donors (Lipinski definition) is 3. The number of rotatable bonds is 6. The molecule has 0 saturated heterocycles. The highest BCUT2D eigenvalue weighted by molar-refractivity contribution is 5.79. The molecule has 3 N–H and O–H groups in total. The molecule has 2 rings (SSSR count). The first-order chi connectivity index (χ1) is 12.5. The van der Waals surface area contributed by atoms with Crippen molar-refractivity contribution in [2.75, 3.05) is 21.3 Å². The lowest BCUT2D eigenvalue weighted by molar-refractivity contribution is 0.339. The molecule has 26 heavy (non-hydrogen) atoms. The second-order valence-electron chi connectivity index (χ2n) is 6.06. The number of guanidine groups is 1. The van der Waals surface area contributed by atoms with E-state index < -0.39 is 0 Å². The van der Waals surface area contributed by atoms with Gasteiger partial charge in [-0.05, 0) is 42.7 Å². The maximum atomic E-state index is 9.99. The van der Waals surface area contributed by atoms with Crippen LogP contribution in [0, 0.1) is 13.8 Å². The summed E-state index contributed by atoms with van der Waals surface area (Å²) in [6, 6.07) is 9.93. The molecule has 0 fully saturated rings. The van der Waals surface area contributed by atoms with Gasteiger partial charge in [0.05, 0.1) is 14.2 Å². The van der Waals surface area contributed by atoms with Gasteiger partial charge in [0.2, 0.25) is 5.75 Å². The summed E-state index contributed by atoms with van der Waals surface area (Å²) in [5.74, 6) is 1.44. The highest BCUT2D eigenvalue weighted by atomic mass is 16.5. The molecule has 0 radical (unpaired) electrons. The fourth-order valence-electron chi connectivity index (χ4n) is 2.68. The van der Waals surface area contributed by atoms with E-state index in [0.717, 1.165) is 5.56 Å². The second-order valence-corrected chi connectivity index (χ2v) is 6.06. The van der Waals surface area contributed by atoms with E-state index >= 15 is 0 Å². The van der Waals surface area contributed by atoms with Crippen LogP contribution in [0.4, 0.5) is 0 Å². The Kier molecular flexibility index (Phi) is 6.72. The number of nitrogens with zero attached hydrogens (tertiary/aromatic N) is 1. The minimum atomic E-state index is -0.00361. The van der Waals surface area contributed by atoms with Crippen molar-refractivity contribution in [1.82, 2.24) is 10.6 Å². The normalized spacial score (nSPS) is 11.2. The molecule has 0 aliphatic rings. The molecule has 6 heteroatoms. The number of ether oxygens (including phenoxy) is 2. The lowest BCUT2D eigenvalue weighted by Gasteiger charge is -2.15. The predicted octanol–water partition coefficient (Wildman–Crippen LogP) is 2.89. The molecular formula is C20H27N3O3. The second kappa shape index (κ2) is 8.99. The molecule has 140 valence electrons. The van der Waals surface area contributed by atoms with Crippen molar-refractivity contribution in [1.29, 1.82) is 0 Å². The summed E-state index contributed by atoms with van der Waals surface area (Å²) in [4.78, 5) is 4.25. The van der Waals surface area contributed by atoms with Crippen molar-refractivity contribution in [3.63, 3.8) is 0 Å². The molecule has 0 bridgehead atoms. The van der Waals surface area contributed by atoms with Gasteiger partial charge in [0.1, 0.15) is 0 Å². The zero-order chi connectivity index (χ0) is 19.1. The van der Waals surface area contributed by atoms with Crippen LogP contribution in [0.3, 0.4) is 0 Å². The molecule has 0 atom stereocenters. The average molecular weight is 357 g/mol. The SMILES string of the molecule is CN=C(NCc1cc(OC)c(O)c(OC)c1)NCc1ccc(C)cc1C. The molecule has 0 aliphatic heterocycles. The van der Waals surface area contributed by atoms with Gasteiger partial charge in [-0.25, -0.2) is 0 Å². The Labute approximate surface area is 154 Å². The molecule has 2 aromatic rings. The van der Waals surface area contributed by atoms with Crippen molar-refractivity contribution in [2.45, 2.75) is 26.9 Å². The Hall–Kier alpha value is -2.89. The minimum Gasteiger partial charge on any atom is -0.502 e. The number of phenolic OH excluding ortho intramolecular Hbond substituents is 1. The van der Waals surface area contributed by atoms with Crippen molar-refractivity contribution in [3.8, 4) is 17.2 Å². The lowest BCUT2D eigenvalue weighted by Crippen LogP contribution is -2.36. The first kappa shape index (κ1) is 19.4. The molecule has 0 heterocycles. The van der Waals surface area contributed by atoms with Crippen LogP contribution in [0.5, 0.6) is 17.2 Å². The van der Waals surface area contributed by atoms with E-state index in [0.29, 0.717) is 30.5 Å². The molecule has 6 nitrogen and oxygen atoms in total. The maximum absolute atomic E-state index is 9.99. The highest BCUT2D eigenvalue weighted by Gasteiger charge is 2.11. The molecular weight excluding hydrogens is 330 g/mol. The Bertz CT molecular complexity index is 763. The number of aryl methyl sites for hydroxylation is 2. The number of aromatic hydroxyl groups is 1. The van der Waals surface area contributed by atoms with Crippen molar-refractivity contribution < 1.29 is 14.6 Å². The van der Waals surface area contributed by atoms with Crippen LogP contribution in [0.1, 0.15) is 22.3 Å². The molecule has 2 aromatic carbocycles. The molecule has 0 spiro atoms. The fourth-order valence-corrected chi connectivity index (χ4v) is 2.68. The van der Waals surface area contributed by atoms with Crippen molar-refractivity contribution >= 4 is 5.96 Å². The third kappa shape index (κ3) is 4.81. The van der Waals surface area contributed by atoms with Gasteiger partial charge in [-0.15, -0.1) is 0 Å². The number of benzene rings is 2. The Morgan fingerprint density at radius 2 is 1.62 bits per heavy atom. The van der Waals surface area contributed by atoms with Gasteiger partial charge in [0, 0.05) is 20.1 Å². The summed E-state index contributed by atoms with van der Waals surface area (Å²) in [7, 11) is 4.75. The highest BCUT2D eigenvalue weighted by Crippen LogP contribution is 2.36. The van der Waals surface area contributed by atoms with E-state index in [2.05, 4.69) is 47.7 Å². The summed E-state index contributed by atoms with van der Waals surface area (Å²) in [6.07, 6.45) is 0. The predicted molar refractivity (Wildman–Crippen MR) is 104 cm³/mol. The first-order valence-corrected chi connectivity index (χ1v) is 8.43. The van der Waals surface area contributed by atoms with Gasteiger partial charge in [-0.2, -0.15) is 0 Å². The lowest BCUT2D eigenvalue weighted by atomic mass is 10.1. The quantitative estimate of drug-likeness (QED) is 0.547. The Balaban J connectivity index is 2.01. The third-order valence-electron chi connectivity index (χ3n) is 4.17. The van der Waals surface area contributed by atoms with Gasteiger partial charge >= 0.3 is 0 Å². The van der Waals surface area contributed by atoms with Crippen LogP contribution in [-0.2, 0) is 13.1 Å². The minimum absolute atomic E-state index is 0.00361. The van der Waals surface area contributed by atoms with Gasteiger partial charge < -0.3 is 25.2 Å². The van der Waals surface area contributed by atoms with Gasteiger partial charge in [0.15, 0.2) is 17.5 Å². The van der Waals surface area contributed by atoms with Crippen LogP contribution in [0.25, 0.3) is 0 Å². The van der Waals surface area contributed by atoms with E-state index in [9.17, 15) is 5.11 Å².